The Morgan fingerprint density at radius 1 is 0.724 bits per heavy atom. The first-order valence-electron chi connectivity index (χ1n) is 18.8. The number of H-pyrrole nitrogens is 2. The highest BCUT2D eigenvalue weighted by Gasteiger charge is 2.38. The summed E-state index contributed by atoms with van der Waals surface area (Å²) in [5.74, 6) is 7.37. The van der Waals surface area contributed by atoms with Crippen molar-refractivity contribution >= 4 is 56.1 Å². The summed E-state index contributed by atoms with van der Waals surface area (Å²) in [5.41, 5.74) is 2.85. The maximum atomic E-state index is 13.9. The Hall–Kier alpha value is -6.44. The summed E-state index contributed by atoms with van der Waals surface area (Å²) in [6.45, 7) is 1.09. The predicted molar refractivity (Wildman–Crippen MR) is 219 cm³/mol. The molecule has 2 fully saturated rings. The van der Waals surface area contributed by atoms with Gasteiger partial charge in [-0.1, -0.05) is 60.7 Å². The molecule has 296 valence electrons. The molecule has 0 aliphatic carbocycles. The number of rotatable bonds is 9. The molecule has 6 aromatic rings. The summed E-state index contributed by atoms with van der Waals surface area (Å²) in [4.78, 5) is 73.7. The molecule has 16 heteroatoms. The number of thiophene rings is 2. The van der Waals surface area contributed by atoms with Crippen molar-refractivity contribution in [3.05, 3.63) is 119 Å². The van der Waals surface area contributed by atoms with E-state index in [0.717, 1.165) is 50.5 Å². The maximum absolute atomic E-state index is 13.9. The van der Waals surface area contributed by atoms with Gasteiger partial charge in [-0.05, 0) is 60.8 Å². The van der Waals surface area contributed by atoms with Gasteiger partial charge in [0.25, 0.3) is 11.8 Å². The lowest BCUT2D eigenvalue weighted by Crippen LogP contribution is -2.42. The molecule has 4 atom stereocenters. The number of carbonyl (C=O) groups excluding carboxylic acids is 4. The summed E-state index contributed by atoms with van der Waals surface area (Å²) >= 11 is 3.23. The number of aromatic nitrogens is 4. The number of alkyl carbamates (subject to hydrolysis) is 2. The van der Waals surface area contributed by atoms with Gasteiger partial charge < -0.3 is 39.9 Å². The van der Waals surface area contributed by atoms with Crippen LogP contribution in [0.2, 0.25) is 0 Å². The standard InChI is InChI=1S/C42H40N8O6S2/c1-55-41(53)47-35(25-11-5-3-6-12-25)39(51)49-19-9-15-30(49)37-43-23-27(45-37)17-18-28-21-33-34(57-28)22-32(58-33)29-24-44-38(46-29)31-16-10-20-50(31)40(52)36(48-42(54)56-2)26-13-7-4-8-14-26/h3-8,11-14,21-24,30-31,35-36H,9-10,15-16,19-20H2,1-2H3,(H,43,45)(H,44,46)(H,47,53)(H,48,54)/t30-,31?,35+,36+/m0/s1. The topological polar surface area (TPSA) is 175 Å². The van der Waals surface area contributed by atoms with Crippen LogP contribution < -0.4 is 10.6 Å². The van der Waals surface area contributed by atoms with E-state index in [1.54, 1.807) is 57.0 Å². The average molecular weight is 817 g/mol. The van der Waals surface area contributed by atoms with E-state index in [1.807, 2.05) is 48.5 Å². The van der Waals surface area contributed by atoms with Crippen molar-refractivity contribution in [2.45, 2.75) is 49.9 Å². The van der Waals surface area contributed by atoms with Gasteiger partial charge in [0, 0.05) is 22.5 Å². The van der Waals surface area contributed by atoms with Gasteiger partial charge in [-0.2, -0.15) is 0 Å². The van der Waals surface area contributed by atoms with Crippen molar-refractivity contribution in [3.8, 4) is 22.4 Å². The second-order valence-corrected chi connectivity index (χ2v) is 16.1. The lowest BCUT2D eigenvalue weighted by atomic mass is 10.1. The smallest absolute Gasteiger partial charge is 0.407 e. The van der Waals surface area contributed by atoms with Gasteiger partial charge in [-0.15, -0.1) is 22.7 Å². The highest BCUT2D eigenvalue weighted by Crippen LogP contribution is 2.40. The van der Waals surface area contributed by atoms with Crippen LogP contribution in [0.3, 0.4) is 0 Å². The molecule has 4 aromatic heterocycles. The van der Waals surface area contributed by atoms with Crippen molar-refractivity contribution in [2.24, 2.45) is 0 Å². The second-order valence-electron chi connectivity index (χ2n) is 13.9. The average Bonchev–Trinajstić information content (AvgIpc) is 4.11. The van der Waals surface area contributed by atoms with E-state index in [4.69, 9.17) is 14.5 Å². The number of imidazole rings is 2. The predicted octanol–water partition coefficient (Wildman–Crippen LogP) is 7.00. The molecule has 2 saturated heterocycles. The molecule has 4 N–H and O–H groups in total. The van der Waals surface area contributed by atoms with Crippen LogP contribution in [0.25, 0.3) is 20.0 Å². The molecule has 0 saturated carbocycles. The number of nitrogens with one attached hydrogen (secondary N) is 4. The molecule has 8 rings (SSSR count). The van der Waals surface area contributed by atoms with Crippen LogP contribution in [0, 0.1) is 11.8 Å². The molecule has 14 nitrogen and oxygen atoms in total. The van der Waals surface area contributed by atoms with Gasteiger partial charge in [-0.3, -0.25) is 9.59 Å². The Morgan fingerprint density at radius 3 is 1.81 bits per heavy atom. The molecule has 0 radical (unpaired) electrons. The molecule has 2 aromatic carbocycles. The van der Waals surface area contributed by atoms with E-state index in [-0.39, 0.29) is 23.9 Å². The zero-order valence-corrected chi connectivity index (χ0v) is 33.3. The van der Waals surface area contributed by atoms with E-state index in [0.29, 0.717) is 41.6 Å². The minimum atomic E-state index is -0.892. The Labute approximate surface area is 342 Å². The summed E-state index contributed by atoms with van der Waals surface area (Å²) < 4.78 is 11.8. The first-order valence-corrected chi connectivity index (χ1v) is 20.5. The number of amides is 4. The summed E-state index contributed by atoms with van der Waals surface area (Å²) in [5, 5.41) is 5.40. The first-order chi connectivity index (χ1) is 28.3. The van der Waals surface area contributed by atoms with Crippen LogP contribution in [-0.2, 0) is 19.1 Å². The Bertz CT molecular complexity index is 2470. The Morgan fingerprint density at radius 2 is 1.26 bits per heavy atom. The summed E-state index contributed by atoms with van der Waals surface area (Å²) in [6.07, 6.45) is 5.23. The summed E-state index contributed by atoms with van der Waals surface area (Å²) in [6, 6.07) is 20.1. The minimum absolute atomic E-state index is 0.216. The van der Waals surface area contributed by atoms with Crippen molar-refractivity contribution in [3.63, 3.8) is 0 Å². The third-order valence-corrected chi connectivity index (χ3v) is 12.6. The lowest BCUT2D eigenvalue weighted by Gasteiger charge is -2.28. The van der Waals surface area contributed by atoms with E-state index in [9.17, 15) is 19.2 Å². The van der Waals surface area contributed by atoms with Crippen LogP contribution in [0.4, 0.5) is 9.59 Å². The van der Waals surface area contributed by atoms with Crippen molar-refractivity contribution in [2.75, 3.05) is 27.3 Å². The first kappa shape index (κ1) is 38.4. The molecule has 1 unspecified atom stereocenters. The number of likely N-dealkylation sites (tertiary alicyclic amines) is 2. The Balaban J connectivity index is 0.939. The number of hydrogen-bond donors (Lipinski definition) is 4. The third-order valence-electron chi connectivity index (χ3n) is 10.3. The molecule has 0 spiro atoms. The molecule has 4 amide bonds. The summed E-state index contributed by atoms with van der Waals surface area (Å²) in [7, 11) is 2.55. The highest BCUT2D eigenvalue weighted by molar-refractivity contribution is 7.29. The van der Waals surface area contributed by atoms with Crippen molar-refractivity contribution in [1.29, 1.82) is 0 Å². The highest BCUT2D eigenvalue weighted by atomic mass is 32.1. The van der Waals surface area contributed by atoms with Crippen LogP contribution >= 0.6 is 22.7 Å². The second kappa shape index (κ2) is 17.0. The normalized spacial score (nSPS) is 17.3. The number of fused-ring (bicyclic) bond motifs is 1. The molecule has 6 heterocycles. The van der Waals surface area contributed by atoms with Crippen LogP contribution in [0.1, 0.15) is 83.2 Å². The van der Waals surface area contributed by atoms with Gasteiger partial charge in [-0.25, -0.2) is 19.6 Å². The molecule has 2 aliphatic heterocycles. The zero-order chi connectivity index (χ0) is 40.2. The minimum Gasteiger partial charge on any atom is -0.453 e. The monoisotopic (exact) mass is 816 g/mol. The van der Waals surface area contributed by atoms with Gasteiger partial charge in [0.05, 0.1) is 54.1 Å². The van der Waals surface area contributed by atoms with Gasteiger partial charge in [0.15, 0.2) is 0 Å². The van der Waals surface area contributed by atoms with Crippen LogP contribution in [-0.4, -0.2) is 81.0 Å². The van der Waals surface area contributed by atoms with E-state index in [1.165, 1.54) is 14.2 Å². The Kier molecular flexibility index (Phi) is 11.2. The fourth-order valence-electron chi connectivity index (χ4n) is 7.54. The molecule has 0 bridgehead atoms. The van der Waals surface area contributed by atoms with Crippen LogP contribution in [0.5, 0.6) is 0 Å². The molecule has 2 aliphatic rings. The van der Waals surface area contributed by atoms with E-state index in [2.05, 4.69) is 49.6 Å². The van der Waals surface area contributed by atoms with Gasteiger partial charge >= 0.3 is 12.2 Å². The molecule has 58 heavy (non-hydrogen) atoms. The van der Waals surface area contributed by atoms with Gasteiger partial charge in [0.2, 0.25) is 0 Å². The number of hydrogen-bond acceptors (Lipinski definition) is 10. The van der Waals surface area contributed by atoms with Crippen molar-refractivity contribution in [1.82, 2.24) is 40.4 Å². The fraction of sp³-hybridized carbons (Fsp3) is 0.286. The van der Waals surface area contributed by atoms with Crippen LogP contribution in [0.15, 0.2) is 85.2 Å². The zero-order valence-electron chi connectivity index (χ0n) is 31.7. The number of ether oxygens (including phenoxy) is 2. The lowest BCUT2D eigenvalue weighted by molar-refractivity contribution is -0.135. The fourth-order valence-corrected chi connectivity index (χ4v) is 9.76. The van der Waals surface area contributed by atoms with E-state index >= 15 is 0 Å². The molecular formula is C42H40N8O6S2. The SMILES string of the molecule is COC(=O)N[C@@H](C(=O)N1CCCC1c1ncc(-c2cc3sc(C#Cc4cnc([C@@H]5CCCN5C(=O)[C@H](NC(=O)OC)c5ccccc5)[nH]4)cc3s2)[nH]1)c1ccccc1. The van der Waals surface area contributed by atoms with E-state index < -0.39 is 24.3 Å². The third kappa shape index (κ3) is 8.04. The number of benzene rings is 2. The molecular weight excluding hydrogens is 777 g/mol. The quantitative estimate of drug-likeness (QED) is 0.113. The largest absolute Gasteiger partial charge is 0.453 e. The number of aromatic amines is 2. The number of carbonyl (C=O) groups is 4. The van der Waals surface area contributed by atoms with Crippen molar-refractivity contribution < 1.29 is 28.7 Å². The maximum Gasteiger partial charge on any atom is 0.407 e. The number of methoxy groups -OCH3 is 2. The number of nitrogens with zero attached hydrogens (tertiary/aromatic N) is 4. The van der Waals surface area contributed by atoms with Gasteiger partial charge in [0.1, 0.15) is 29.4 Å².